The number of thiazole rings is 1. The van der Waals surface area contributed by atoms with E-state index >= 15 is 0 Å². The predicted octanol–water partition coefficient (Wildman–Crippen LogP) is 4.77. The Hall–Kier alpha value is -3.83. The van der Waals surface area contributed by atoms with E-state index in [1.165, 1.54) is 12.5 Å². The Bertz CT molecular complexity index is 1630. The van der Waals surface area contributed by atoms with Crippen LogP contribution in [0, 0.1) is 6.92 Å². The second-order valence-corrected chi connectivity index (χ2v) is 10.7. The molecule has 3 aromatic heterocycles. The number of rotatable bonds is 7. The smallest absolute Gasteiger partial charge is 0.280 e. The summed E-state index contributed by atoms with van der Waals surface area (Å²) in [6.07, 6.45) is 2.91. The van der Waals surface area contributed by atoms with Crippen LogP contribution in [-0.4, -0.2) is 32.9 Å². The number of imidazole rings is 1. The van der Waals surface area contributed by atoms with E-state index in [2.05, 4.69) is 36.0 Å². The predicted molar refractivity (Wildman–Crippen MR) is 138 cm³/mol. The molecule has 3 heterocycles. The van der Waals surface area contributed by atoms with Crippen molar-refractivity contribution < 1.29 is 8.42 Å². The Balaban J connectivity index is 1.36. The molecule has 5 rings (SSSR count). The van der Waals surface area contributed by atoms with Crippen LogP contribution in [0.2, 0.25) is 0 Å². The van der Waals surface area contributed by atoms with Gasteiger partial charge in [0, 0.05) is 30.6 Å². The molecule has 0 aliphatic carbocycles. The van der Waals surface area contributed by atoms with Gasteiger partial charge in [0.25, 0.3) is 10.0 Å². The highest BCUT2D eigenvalue weighted by Gasteiger charge is 2.18. The molecule has 0 radical (unpaired) electrons. The summed E-state index contributed by atoms with van der Waals surface area (Å²) < 4.78 is 30.6. The highest BCUT2D eigenvalue weighted by atomic mass is 32.2. The Morgan fingerprint density at radius 3 is 2.71 bits per heavy atom. The van der Waals surface area contributed by atoms with Gasteiger partial charge in [0.05, 0.1) is 33.8 Å². The quantitative estimate of drug-likeness (QED) is 0.327. The molecule has 11 heteroatoms. The zero-order valence-electron chi connectivity index (χ0n) is 19.3. The van der Waals surface area contributed by atoms with Gasteiger partial charge in [-0.25, -0.2) is 19.9 Å². The summed E-state index contributed by atoms with van der Waals surface area (Å²) in [5.41, 5.74) is 5.97. The van der Waals surface area contributed by atoms with Crippen molar-refractivity contribution in [2.45, 2.75) is 24.9 Å². The number of nitrogens with one attached hydrogen (secondary N) is 2. The maximum absolute atomic E-state index is 12.6. The lowest BCUT2D eigenvalue weighted by molar-refractivity contribution is 0.598. The average Bonchev–Trinajstić information content (AvgIpc) is 3.47. The third-order valence-electron chi connectivity index (χ3n) is 5.42. The summed E-state index contributed by atoms with van der Waals surface area (Å²) in [4.78, 5) is 17.4. The summed E-state index contributed by atoms with van der Waals surface area (Å²) in [7, 11) is -2.05. The van der Waals surface area contributed by atoms with Crippen molar-refractivity contribution in [3.05, 3.63) is 78.0 Å². The number of nitrogens with zero attached hydrogens (tertiary/aromatic N) is 5. The molecule has 9 nitrogen and oxygen atoms in total. The first-order valence-electron chi connectivity index (χ1n) is 10.8. The summed E-state index contributed by atoms with van der Waals surface area (Å²) in [6, 6.07) is 15.1. The fourth-order valence-corrected chi connectivity index (χ4v) is 5.46. The van der Waals surface area contributed by atoms with Crippen molar-refractivity contribution >= 4 is 43.1 Å². The Morgan fingerprint density at radius 1 is 1.06 bits per heavy atom. The summed E-state index contributed by atoms with van der Waals surface area (Å²) in [5.74, 6) is 1.34. The zero-order chi connectivity index (χ0) is 24.6. The number of benzene rings is 2. The van der Waals surface area contributed by atoms with Crippen molar-refractivity contribution in [3.8, 4) is 11.3 Å². The molecule has 0 aliphatic heterocycles. The van der Waals surface area contributed by atoms with Gasteiger partial charge in [0.2, 0.25) is 0 Å². The van der Waals surface area contributed by atoms with Crippen LogP contribution in [0.25, 0.3) is 21.5 Å². The molecule has 2 aromatic carbocycles. The van der Waals surface area contributed by atoms with Crippen molar-refractivity contribution in [2.24, 2.45) is 7.05 Å². The van der Waals surface area contributed by atoms with E-state index in [1.807, 2.05) is 49.7 Å². The van der Waals surface area contributed by atoms with Gasteiger partial charge < -0.3 is 9.88 Å². The molecule has 0 bridgehead atoms. The van der Waals surface area contributed by atoms with Gasteiger partial charge in [-0.05, 0) is 43.7 Å². The molecule has 178 valence electrons. The normalized spacial score (nSPS) is 12.5. The minimum absolute atomic E-state index is 0.0305. The van der Waals surface area contributed by atoms with Crippen molar-refractivity contribution in [3.63, 3.8) is 0 Å². The number of sulfonamides is 1. The van der Waals surface area contributed by atoms with Crippen molar-refractivity contribution in [1.29, 1.82) is 0 Å². The SMILES string of the molecule is Cc1nc(NC(C)c2cccc(NS(=O)(=O)c3cn(C)cn3)c2)cc(-c2ccc3ncsc3c2)n1. The lowest BCUT2D eigenvalue weighted by Crippen LogP contribution is -2.14. The standard InChI is InChI=1S/C24H23N7O2S2/c1-15(17-5-4-6-19(9-17)30-35(32,33)24-12-31(3)13-25-24)27-23-11-21(28-16(2)29-23)18-7-8-20-22(10-18)34-14-26-20/h4-15,30H,1-3H3,(H,27,28,29). The molecule has 5 aromatic rings. The van der Waals surface area contributed by atoms with Gasteiger partial charge in [0.15, 0.2) is 5.03 Å². The lowest BCUT2D eigenvalue weighted by atomic mass is 10.1. The topological polar surface area (TPSA) is 115 Å². The van der Waals surface area contributed by atoms with Crippen molar-refractivity contribution in [2.75, 3.05) is 10.0 Å². The maximum Gasteiger partial charge on any atom is 0.280 e. The Kier molecular flexibility index (Phi) is 5.95. The van der Waals surface area contributed by atoms with Gasteiger partial charge >= 0.3 is 0 Å². The fourth-order valence-electron chi connectivity index (χ4n) is 3.72. The largest absolute Gasteiger partial charge is 0.363 e. The van der Waals surface area contributed by atoms with E-state index in [0.717, 1.165) is 27.0 Å². The molecule has 2 N–H and O–H groups in total. The second kappa shape index (κ2) is 9.08. The number of hydrogen-bond donors (Lipinski definition) is 2. The van der Waals surface area contributed by atoms with Crippen LogP contribution >= 0.6 is 11.3 Å². The minimum atomic E-state index is -3.77. The number of aromatic nitrogens is 5. The van der Waals surface area contributed by atoms with E-state index < -0.39 is 10.0 Å². The van der Waals surface area contributed by atoms with Crippen LogP contribution in [0.15, 0.2) is 71.6 Å². The molecule has 1 atom stereocenters. The van der Waals surface area contributed by atoms with E-state index in [9.17, 15) is 8.42 Å². The second-order valence-electron chi connectivity index (χ2n) is 8.19. The summed E-state index contributed by atoms with van der Waals surface area (Å²) >= 11 is 1.59. The maximum atomic E-state index is 12.6. The monoisotopic (exact) mass is 505 g/mol. The summed E-state index contributed by atoms with van der Waals surface area (Å²) in [5, 5.41) is 3.38. The van der Waals surface area contributed by atoms with Gasteiger partial charge in [0.1, 0.15) is 11.6 Å². The van der Waals surface area contributed by atoms with E-state index in [0.29, 0.717) is 17.3 Å². The minimum Gasteiger partial charge on any atom is -0.363 e. The molecule has 1 unspecified atom stereocenters. The number of aryl methyl sites for hydroxylation is 2. The molecular weight excluding hydrogens is 482 g/mol. The van der Waals surface area contributed by atoms with Crippen LogP contribution in [0.3, 0.4) is 0 Å². The fraction of sp³-hybridized carbons (Fsp3) is 0.167. The number of fused-ring (bicyclic) bond motifs is 1. The highest BCUT2D eigenvalue weighted by molar-refractivity contribution is 7.92. The highest BCUT2D eigenvalue weighted by Crippen LogP contribution is 2.28. The molecule has 0 amide bonds. The van der Waals surface area contributed by atoms with Crippen LogP contribution in [-0.2, 0) is 17.1 Å². The van der Waals surface area contributed by atoms with Crippen molar-refractivity contribution in [1.82, 2.24) is 24.5 Å². The van der Waals surface area contributed by atoms with Gasteiger partial charge in [-0.1, -0.05) is 18.2 Å². The van der Waals surface area contributed by atoms with Gasteiger partial charge in [-0.2, -0.15) is 8.42 Å². The Morgan fingerprint density at radius 2 is 1.91 bits per heavy atom. The molecule has 0 saturated carbocycles. The average molecular weight is 506 g/mol. The Labute approximate surface area is 207 Å². The molecule has 0 aliphatic rings. The molecule has 0 spiro atoms. The number of anilines is 2. The van der Waals surface area contributed by atoms with Crippen LogP contribution < -0.4 is 10.0 Å². The third-order valence-corrected chi connectivity index (χ3v) is 7.48. The first-order valence-corrected chi connectivity index (χ1v) is 13.2. The first-order chi connectivity index (χ1) is 16.8. The molecule has 35 heavy (non-hydrogen) atoms. The summed E-state index contributed by atoms with van der Waals surface area (Å²) in [6.45, 7) is 3.85. The van der Waals surface area contributed by atoms with E-state index in [4.69, 9.17) is 0 Å². The van der Waals surface area contributed by atoms with E-state index in [-0.39, 0.29) is 11.1 Å². The van der Waals surface area contributed by atoms with E-state index in [1.54, 1.807) is 35.1 Å². The lowest BCUT2D eigenvalue weighted by Gasteiger charge is -2.17. The first kappa shape index (κ1) is 22.9. The molecule has 0 fully saturated rings. The number of hydrogen-bond acceptors (Lipinski definition) is 8. The molecule has 0 saturated heterocycles. The van der Waals surface area contributed by atoms with Crippen LogP contribution in [0.5, 0.6) is 0 Å². The third kappa shape index (κ3) is 5.00. The van der Waals surface area contributed by atoms with Gasteiger partial charge in [-0.15, -0.1) is 11.3 Å². The molecular formula is C24H23N7O2S2. The zero-order valence-corrected chi connectivity index (χ0v) is 20.9. The van der Waals surface area contributed by atoms with Crippen LogP contribution in [0.4, 0.5) is 11.5 Å². The van der Waals surface area contributed by atoms with Gasteiger partial charge in [-0.3, -0.25) is 4.72 Å². The van der Waals surface area contributed by atoms with Crippen LogP contribution in [0.1, 0.15) is 24.4 Å².